The number of benzene rings is 3. The predicted octanol–water partition coefficient (Wildman–Crippen LogP) is 4.91. The van der Waals surface area contributed by atoms with Crippen LogP contribution in [0.5, 0.6) is 5.75 Å². The fourth-order valence-electron chi connectivity index (χ4n) is 2.56. The van der Waals surface area contributed by atoms with Gasteiger partial charge in [0.15, 0.2) is 14.7 Å². The van der Waals surface area contributed by atoms with Crippen molar-refractivity contribution in [3.63, 3.8) is 0 Å². The van der Waals surface area contributed by atoms with Crippen molar-refractivity contribution in [3.8, 4) is 5.75 Å². The summed E-state index contributed by atoms with van der Waals surface area (Å²) in [5, 5.41) is 0. The van der Waals surface area contributed by atoms with Crippen LogP contribution in [0, 0.1) is 5.92 Å². The van der Waals surface area contributed by atoms with Crippen LogP contribution >= 0.6 is 0 Å². The van der Waals surface area contributed by atoms with Crippen molar-refractivity contribution < 1.29 is 14.3 Å². The minimum atomic E-state index is -0.817. The first-order chi connectivity index (χ1) is 13.1. The smallest absolute Gasteiger partial charge is 0.380 e. The number of carbonyl (C=O) groups is 2. The van der Waals surface area contributed by atoms with E-state index in [1.54, 1.807) is 26.0 Å². The Morgan fingerprint density at radius 1 is 0.704 bits per heavy atom. The Morgan fingerprint density at radius 2 is 1.15 bits per heavy atom. The van der Waals surface area contributed by atoms with Crippen LogP contribution in [0.1, 0.15) is 13.8 Å². The van der Waals surface area contributed by atoms with Gasteiger partial charge in [0.25, 0.3) is 0 Å². The van der Waals surface area contributed by atoms with E-state index >= 15 is 0 Å². The third kappa shape index (κ3) is 4.66. The molecule has 0 fully saturated rings. The zero-order valence-electron chi connectivity index (χ0n) is 15.3. The summed E-state index contributed by atoms with van der Waals surface area (Å²) in [6, 6.07) is 28.0. The molecule has 0 spiro atoms. The summed E-state index contributed by atoms with van der Waals surface area (Å²) < 4.78 is 5.20. The van der Waals surface area contributed by atoms with E-state index in [4.69, 9.17) is 4.74 Å². The van der Waals surface area contributed by atoms with Crippen molar-refractivity contribution in [2.45, 2.75) is 28.5 Å². The summed E-state index contributed by atoms with van der Waals surface area (Å²) in [6.45, 7) is 3.36. The van der Waals surface area contributed by atoms with Crippen molar-refractivity contribution in [1.82, 2.24) is 0 Å². The second-order valence-electron chi connectivity index (χ2n) is 6.31. The number of rotatable bonds is 6. The summed E-state index contributed by atoms with van der Waals surface area (Å²) in [5.41, 5.74) is 0. The van der Waals surface area contributed by atoms with Crippen LogP contribution in [-0.4, -0.2) is 11.8 Å². The number of hydrogen-bond acceptors (Lipinski definition) is 3. The lowest BCUT2D eigenvalue weighted by molar-refractivity contribution is -0.148. The Labute approximate surface area is 162 Å². The normalized spacial score (nSPS) is 10.8. The van der Waals surface area contributed by atoms with Crippen LogP contribution in [0.4, 0.5) is 0 Å². The van der Waals surface area contributed by atoms with Gasteiger partial charge in [-0.05, 0) is 48.5 Å². The standard InChI is InChI=1S/C23H21O3S/c1-17(2)22(24)23(25)26-18-13-15-21(16-14-18)27(19-9-5-3-6-10-19)20-11-7-4-8-12-20/h3-17H,1-2H3/q+1. The van der Waals surface area contributed by atoms with Crippen LogP contribution in [0.15, 0.2) is 99.6 Å². The van der Waals surface area contributed by atoms with Gasteiger partial charge in [0.1, 0.15) is 5.75 Å². The van der Waals surface area contributed by atoms with Crippen LogP contribution < -0.4 is 4.74 Å². The average Bonchev–Trinajstić information content (AvgIpc) is 2.70. The van der Waals surface area contributed by atoms with Crippen LogP contribution in [0.3, 0.4) is 0 Å². The van der Waals surface area contributed by atoms with E-state index in [2.05, 4.69) is 24.3 Å². The first-order valence-electron chi connectivity index (χ1n) is 8.76. The molecule has 0 aliphatic heterocycles. The third-order valence-corrected chi connectivity index (χ3v) is 6.18. The molecule has 0 aromatic heterocycles. The Bertz CT molecular complexity index is 864. The second-order valence-corrected chi connectivity index (χ2v) is 8.34. The summed E-state index contributed by atoms with van der Waals surface area (Å²) in [4.78, 5) is 27.1. The molecule has 3 nitrogen and oxygen atoms in total. The van der Waals surface area contributed by atoms with Crippen molar-refractivity contribution >= 4 is 22.6 Å². The molecule has 0 amide bonds. The molecule has 0 saturated carbocycles. The Morgan fingerprint density at radius 3 is 1.59 bits per heavy atom. The number of ether oxygens (including phenoxy) is 1. The highest BCUT2D eigenvalue weighted by molar-refractivity contribution is 7.97. The average molecular weight is 377 g/mol. The summed E-state index contributed by atoms with van der Waals surface area (Å²) in [5.74, 6) is -1.34. The summed E-state index contributed by atoms with van der Waals surface area (Å²) >= 11 is 0. The molecule has 0 heterocycles. The van der Waals surface area contributed by atoms with E-state index < -0.39 is 11.8 Å². The van der Waals surface area contributed by atoms with E-state index in [0.29, 0.717) is 5.75 Å². The van der Waals surface area contributed by atoms with Gasteiger partial charge >= 0.3 is 5.97 Å². The predicted molar refractivity (Wildman–Crippen MR) is 107 cm³/mol. The molecule has 27 heavy (non-hydrogen) atoms. The number of Topliss-reactive ketones (excluding diaryl/α,β-unsaturated/α-hetero) is 1. The first-order valence-corrected chi connectivity index (χ1v) is 9.99. The molecule has 0 unspecified atom stereocenters. The van der Waals surface area contributed by atoms with Gasteiger partial charge in [0, 0.05) is 5.92 Å². The van der Waals surface area contributed by atoms with Crippen LogP contribution in [0.25, 0.3) is 0 Å². The molecule has 0 aliphatic rings. The molecule has 0 saturated heterocycles. The molecular formula is C23H21O3S+. The van der Waals surface area contributed by atoms with Gasteiger partial charge in [-0.15, -0.1) is 0 Å². The first kappa shape index (κ1) is 18.9. The second kappa shape index (κ2) is 8.69. The molecule has 136 valence electrons. The fourth-order valence-corrected chi connectivity index (χ4v) is 4.64. The van der Waals surface area contributed by atoms with Crippen molar-refractivity contribution in [1.29, 1.82) is 0 Å². The van der Waals surface area contributed by atoms with E-state index in [1.807, 2.05) is 48.5 Å². The topological polar surface area (TPSA) is 43.4 Å². The molecule has 3 aromatic rings. The van der Waals surface area contributed by atoms with E-state index in [9.17, 15) is 9.59 Å². The minimum Gasteiger partial charge on any atom is -0.421 e. The van der Waals surface area contributed by atoms with E-state index in [0.717, 1.165) is 4.90 Å². The molecule has 3 rings (SSSR count). The van der Waals surface area contributed by atoms with Crippen LogP contribution in [-0.2, 0) is 20.5 Å². The summed E-state index contributed by atoms with van der Waals surface area (Å²) in [7, 11) is -0.259. The third-order valence-electron chi connectivity index (χ3n) is 3.95. The van der Waals surface area contributed by atoms with Crippen molar-refractivity contribution in [3.05, 3.63) is 84.9 Å². The Kier molecular flexibility index (Phi) is 6.09. The molecular weight excluding hydrogens is 356 g/mol. The monoisotopic (exact) mass is 377 g/mol. The maximum atomic E-state index is 11.8. The minimum absolute atomic E-state index is 0.259. The van der Waals surface area contributed by atoms with E-state index in [-0.39, 0.29) is 16.8 Å². The number of carbonyl (C=O) groups excluding carboxylic acids is 2. The summed E-state index contributed by atoms with van der Waals surface area (Å²) in [6.07, 6.45) is 0. The van der Waals surface area contributed by atoms with Crippen molar-refractivity contribution in [2.24, 2.45) is 5.92 Å². The lowest BCUT2D eigenvalue weighted by Gasteiger charge is -2.09. The van der Waals surface area contributed by atoms with Gasteiger partial charge in [0.05, 0.1) is 10.9 Å². The number of ketones is 1. The zero-order chi connectivity index (χ0) is 19.2. The molecule has 0 atom stereocenters. The van der Waals surface area contributed by atoms with Gasteiger partial charge in [-0.1, -0.05) is 50.2 Å². The van der Waals surface area contributed by atoms with E-state index in [1.165, 1.54) is 9.79 Å². The zero-order valence-corrected chi connectivity index (χ0v) is 16.1. The fraction of sp³-hybridized carbons (Fsp3) is 0.130. The number of esters is 1. The highest BCUT2D eigenvalue weighted by atomic mass is 32.2. The van der Waals surface area contributed by atoms with Gasteiger partial charge in [0.2, 0.25) is 5.78 Å². The highest BCUT2D eigenvalue weighted by Crippen LogP contribution is 2.31. The van der Waals surface area contributed by atoms with Gasteiger partial charge < -0.3 is 4.74 Å². The SMILES string of the molecule is CC(C)C(=O)C(=O)Oc1ccc([S+](c2ccccc2)c2ccccc2)cc1. The molecule has 3 aromatic carbocycles. The maximum absolute atomic E-state index is 11.8. The lowest BCUT2D eigenvalue weighted by Crippen LogP contribution is -2.24. The largest absolute Gasteiger partial charge is 0.421 e. The van der Waals surface area contributed by atoms with Crippen molar-refractivity contribution in [2.75, 3.05) is 0 Å². The number of hydrogen-bond donors (Lipinski definition) is 0. The van der Waals surface area contributed by atoms with Crippen LogP contribution in [0.2, 0.25) is 0 Å². The highest BCUT2D eigenvalue weighted by Gasteiger charge is 2.28. The Balaban J connectivity index is 1.88. The van der Waals surface area contributed by atoms with Gasteiger partial charge in [-0.2, -0.15) is 0 Å². The molecule has 4 heteroatoms. The maximum Gasteiger partial charge on any atom is 0.380 e. The lowest BCUT2D eigenvalue weighted by atomic mass is 10.1. The molecule has 0 N–H and O–H groups in total. The molecule has 0 bridgehead atoms. The quantitative estimate of drug-likeness (QED) is 0.265. The molecule has 0 aliphatic carbocycles. The van der Waals surface area contributed by atoms with Gasteiger partial charge in [-0.25, -0.2) is 4.79 Å². The molecule has 0 radical (unpaired) electrons. The van der Waals surface area contributed by atoms with Gasteiger partial charge in [-0.3, -0.25) is 4.79 Å². The Hall–Kier alpha value is -2.85.